The molecule has 4 atom stereocenters. The van der Waals surface area contributed by atoms with Crippen molar-refractivity contribution in [2.45, 2.75) is 31.5 Å². The second-order valence-electron chi connectivity index (χ2n) is 4.88. The molecule has 2 bridgehead atoms. The van der Waals surface area contributed by atoms with Gasteiger partial charge in [-0.25, -0.2) is 0 Å². The van der Waals surface area contributed by atoms with Crippen molar-refractivity contribution >= 4 is 12.8 Å². The van der Waals surface area contributed by atoms with Crippen LogP contribution in [0.25, 0.3) is 0 Å². The van der Waals surface area contributed by atoms with Crippen LogP contribution in [0.2, 0.25) is 0 Å². The summed E-state index contributed by atoms with van der Waals surface area (Å²) in [5, 5.41) is 0. The van der Waals surface area contributed by atoms with Crippen LogP contribution >= 0.6 is 0 Å². The van der Waals surface area contributed by atoms with Crippen LogP contribution in [0.15, 0.2) is 22.8 Å². The van der Waals surface area contributed by atoms with Gasteiger partial charge in [0.05, 0.1) is 18.5 Å². The highest BCUT2D eigenvalue weighted by Crippen LogP contribution is 2.50. The lowest BCUT2D eigenvalue weighted by Crippen LogP contribution is -2.32. The zero-order valence-electron chi connectivity index (χ0n) is 8.46. The average Bonchev–Trinajstić information content (AvgIpc) is 3.02. The van der Waals surface area contributed by atoms with Gasteiger partial charge in [-0.05, 0) is 43.2 Å². The van der Waals surface area contributed by atoms with E-state index in [1.165, 1.54) is 19.3 Å². The highest BCUT2D eigenvalue weighted by atomic mass is 16.7. The van der Waals surface area contributed by atoms with Gasteiger partial charge in [-0.2, -0.15) is 0 Å². The van der Waals surface area contributed by atoms with Gasteiger partial charge in [0.25, 0.3) is 0 Å². The van der Waals surface area contributed by atoms with Gasteiger partial charge in [0.15, 0.2) is 0 Å². The van der Waals surface area contributed by atoms with Gasteiger partial charge >= 0.3 is 7.12 Å². The molecule has 2 saturated carbocycles. The number of hydrogen-bond donors (Lipinski definition) is 0. The molecule has 2 heterocycles. The summed E-state index contributed by atoms with van der Waals surface area (Å²) in [7, 11) is -0.251. The number of furan rings is 1. The van der Waals surface area contributed by atoms with Crippen molar-refractivity contribution < 1.29 is 13.7 Å². The summed E-state index contributed by atoms with van der Waals surface area (Å²) >= 11 is 0. The minimum atomic E-state index is -0.251. The molecule has 15 heavy (non-hydrogen) atoms. The van der Waals surface area contributed by atoms with E-state index in [4.69, 9.17) is 13.7 Å². The largest absolute Gasteiger partial charge is 0.532 e. The smallest absolute Gasteiger partial charge is 0.473 e. The van der Waals surface area contributed by atoms with Crippen LogP contribution < -0.4 is 5.66 Å². The Labute approximate surface area is 88.9 Å². The van der Waals surface area contributed by atoms with Crippen LogP contribution in [0.4, 0.5) is 0 Å². The summed E-state index contributed by atoms with van der Waals surface area (Å²) in [6.07, 6.45) is 6.28. The molecule has 2 unspecified atom stereocenters. The van der Waals surface area contributed by atoms with Gasteiger partial charge in [0.2, 0.25) is 0 Å². The molecule has 0 aromatic carbocycles. The molecule has 3 nitrogen and oxygen atoms in total. The van der Waals surface area contributed by atoms with Crippen LogP contribution in [0.5, 0.6) is 0 Å². The zero-order valence-corrected chi connectivity index (χ0v) is 8.46. The number of fused-ring (bicyclic) bond motifs is 5. The predicted octanol–water partition coefficient (Wildman–Crippen LogP) is 1.19. The average molecular weight is 204 g/mol. The van der Waals surface area contributed by atoms with E-state index in [0.29, 0.717) is 12.2 Å². The third kappa shape index (κ3) is 1.09. The van der Waals surface area contributed by atoms with E-state index < -0.39 is 0 Å². The van der Waals surface area contributed by atoms with Gasteiger partial charge in [0.1, 0.15) is 5.66 Å². The molecule has 1 saturated heterocycles. The maximum absolute atomic E-state index is 5.95. The van der Waals surface area contributed by atoms with E-state index in [1.54, 1.807) is 6.26 Å². The predicted molar refractivity (Wildman–Crippen MR) is 54.7 cm³/mol. The first-order valence-corrected chi connectivity index (χ1v) is 5.76. The van der Waals surface area contributed by atoms with Crippen molar-refractivity contribution in [3.63, 3.8) is 0 Å². The minimum absolute atomic E-state index is 0.251. The van der Waals surface area contributed by atoms with Crippen LogP contribution in [-0.2, 0) is 9.31 Å². The van der Waals surface area contributed by atoms with Crippen LogP contribution in [-0.4, -0.2) is 19.3 Å². The monoisotopic (exact) mass is 204 g/mol. The van der Waals surface area contributed by atoms with Crippen molar-refractivity contribution in [2.75, 3.05) is 0 Å². The molecular weight excluding hydrogens is 191 g/mol. The maximum Gasteiger partial charge on any atom is 0.532 e. The number of hydrogen-bond acceptors (Lipinski definition) is 3. The van der Waals surface area contributed by atoms with E-state index in [1.807, 2.05) is 12.1 Å². The molecular formula is C11H13BO3. The maximum atomic E-state index is 5.95. The Kier molecular flexibility index (Phi) is 1.62. The van der Waals surface area contributed by atoms with Gasteiger partial charge in [-0.15, -0.1) is 0 Å². The molecule has 1 aromatic rings. The van der Waals surface area contributed by atoms with Gasteiger partial charge < -0.3 is 13.7 Å². The first-order valence-electron chi connectivity index (χ1n) is 5.76. The summed E-state index contributed by atoms with van der Waals surface area (Å²) in [6.45, 7) is 0. The molecule has 0 N–H and O–H groups in total. The molecule has 2 aliphatic carbocycles. The first-order chi connectivity index (χ1) is 7.42. The minimum Gasteiger partial charge on any atom is -0.473 e. The quantitative estimate of drug-likeness (QED) is 0.644. The molecule has 0 spiro atoms. The van der Waals surface area contributed by atoms with E-state index >= 15 is 0 Å². The summed E-state index contributed by atoms with van der Waals surface area (Å²) in [5.74, 6) is 1.47. The second kappa shape index (κ2) is 2.89. The van der Waals surface area contributed by atoms with Crippen LogP contribution in [0.1, 0.15) is 19.3 Å². The van der Waals surface area contributed by atoms with Crippen molar-refractivity contribution in [3.05, 3.63) is 18.4 Å². The normalized spacial score (nSPS) is 42.5. The first kappa shape index (κ1) is 8.42. The molecule has 0 radical (unpaired) electrons. The van der Waals surface area contributed by atoms with E-state index in [0.717, 1.165) is 17.5 Å². The summed E-state index contributed by atoms with van der Waals surface area (Å²) in [6, 6.07) is 3.80. The van der Waals surface area contributed by atoms with Crippen LogP contribution in [0.3, 0.4) is 0 Å². The molecule has 1 aliphatic heterocycles. The Bertz CT molecular complexity index is 346. The Hall–Kier alpha value is -0.735. The third-order valence-electron chi connectivity index (χ3n) is 4.10. The van der Waals surface area contributed by atoms with Crippen molar-refractivity contribution in [2.24, 2.45) is 11.8 Å². The fourth-order valence-electron chi connectivity index (χ4n) is 3.44. The topological polar surface area (TPSA) is 31.6 Å². The fraction of sp³-hybridized carbons (Fsp3) is 0.636. The fourth-order valence-corrected chi connectivity index (χ4v) is 3.44. The van der Waals surface area contributed by atoms with Gasteiger partial charge in [-0.1, -0.05) is 0 Å². The summed E-state index contributed by atoms with van der Waals surface area (Å²) in [5.41, 5.74) is 0.809. The Balaban J connectivity index is 1.60. The molecule has 78 valence electrons. The molecule has 0 amide bonds. The standard InChI is InChI=1S/C11H13BO3/c1-2-9(13-5-1)12-14-10-7-3-4-8(6-7)11(10)15-12/h1-2,5,7-8,10-11H,3-4,6H2/t7-,8?,10?,11+/m0/s1. The molecule has 4 heteroatoms. The number of rotatable bonds is 1. The Morgan fingerprint density at radius 3 is 2.47 bits per heavy atom. The summed E-state index contributed by atoms with van der Waals surface area (Å²) < 4.78 is 17.2. The zero-order chi connectivity index (χ0) is 9.83. The van der Waals surface area contributed by atoms with Crippen molar-refractivity contribution in [1.82, 2.24) is 0 Å². The van der Waals surface area contributed by atoms with Gasteiger partial charge in [0, 0.05) is 0 Å². The van der Waals surface area contributed by atoms with Crippen molar-refractivity contribution in [1.29, 1.82) is 0 Å². The lowest BCUT2D eigenvalue weighted by Gasteiger charge is -2.22. The molecule has 3 aliphatic rings. The van der Waals surface area contributed by atoms with Crippen LogP contribution in [0, 0.1) is 11.8 Å². The Morgan fingerprint density at radius 2 is 1.87 bits per heavy atom. The lowest BCUT2D eigenvalue weighted by molar-refractivity contribution is 0.100. The molecule has 3 fully saturated rings. The Morgan fingerprint density at radius 1 is 1.13 bits per heavy atom. The highest BCUT2D eigenvalue weighted by molar-refractivity contribution is 6.60. The SMILES string of the molecule is c1coc(B2OC3[C@H]4CCC(C4)[C@H]3O2)c1. The molecule has 1 aromatic heterocycles. The van der Waals surface area contributed by atoms with Crippen molar-refractivity contribution in [3.8, 4) is 0 Å². The highest BCUT2D eigenvalue weighted by Gasteiger charge is 2.56. The third-order valence-corrected chi connectivity index (χ3v) is 4.10. The van der Waals surface area contributed by atoms with Gasteiger partial charge in [-0.3, -0.25) is 0 Å². The van der Waals surface area contributed by atoms with E-state index in [9.17, 15) is 0 Å². The lowest BCUT2D eigenvalue weighted by atomic mass is 9.86. The second-order valence-corrected chi connectivity index (χ2v) is 4.88. The molecule has 4 rings (SSSR count). The van der Waals surface area contributed by atoms with E-state index in [-0.39, 0.29) is 7.12 Å². The van der Waals surface area contributed by atoms with E-state index in [2.05, 4.69) is 0 Å². The summed E-state index contributed by atoms with van der Waals surface area (Å²) in [4.78, 5) is 0.